The molecule has 1 saturated carbocycles. The van der Waals surface area contributed by atoms with Crippen molar-refractivity contribution in [2.75, 3.05) is 5.32 Å². The van der Waals surface area contributed by atoms with Crippen molar-refractivity contribution in [1.29, 1.82) is 0 Å². The fraction of sp³-hybridized carbons (Fsp3) is 0.500. The van der Waals surface area contributed by atoms with Crippen LogP contribution in [0.4, 0.5) is 14.9 Å². The fourth-order valence-electron chi connectivity index (χ4n) is 3.73. The average Bonchev–Trinajstić information content (AvgIpc) is 2.83. The van der Waals surface area contributed by atoms with Gasteiger partial charge in [0.1, 0.15) is 17.4 Å². The summed E-state index contributed by atoms with van der Waals surface area (Å²) in [5, 5.41) is 5.26. The number of nitrogens with one attached hydrogen (secondary N) is 2. The summed E-state index contributed by atoms with van der Waals surface area (Å²) in [4.78, 5) is 38.8. The number of imide groups is 1. The quantitative estimate of drug-likeness (QED) is 0.825. The number of anilines is 1. The number of amides is 4. The molecule has 2 aliphatic rings. The Bertz CT molecular complexity index is 723. The lowest BCUT2D eigenvalue weighted by Gasteiger charge is -2.37. The van der Waals surface area contributed by atoms with Gasteiger partial charge in [-0.05, 0) is 37.8 Å². The van der Waals surface area contributed by atoms with Gasteiger partial charge >= 0.3 is 6.03 Å². The van der Waals surface area contributed by atoms with Crippen molar-refractivity contribution in [1.82, 2.24) is 10.2 Å². The minimum absolute atomic E-state index is 0.0181. The SMILES string of the molecule is C[C@@H]1CCCC[C@]12NC(=O)N([C@@H](C)C(=O)Nc1ccccc1F)C2=O. The highest BCUT2D eigenvalue weighted by molar-refractivity contribution is 6.11. The number of carbonyl (C=O) groups is 3. The van der Waals surface area contributed by atoms with Crippen LogP contribution in [0.1, 0.15) is 39.5 Å². The molecule has 4 amide bonds. The predicted molar refractivity (Wildman–Crippen MR) is 90.2 cm³/mol. The van der Waals surface area contributed by atoms with Gasteiger partial charge in [0.05, 0.1) is 5.69 Å². The van der Waals surface area contributed by atoms with Crippen LogP contribution >= 0.6 is 0 Å². The Morgan fingerprint density at radius 1 is 1.36 bits per heavy atom. The van der Waals surface area contributed by atoms with E-state index in [0.717, 1.165) is 24.2 Å². The summed E-state index contributed by atoms with van der Waals surface area (Å²) in [7, 11) is 0. The fourth-order valence-corrected chi connectivity index (χ4v) is 3.73. The van der Waals surface area contributed by atoms with E-state index in [9.17, 15) is 18.8 Å². The van der Waals surface area contributed by atoms with E-state index in [0.29, 0.717) is 6.42 Å². The number of carbonyl (C=O) groups excluding carboxylic acids is 3. The lowest BCUT2D eigenvalue weighted by atomic mass is 9.73. The molecule has 3 atom stereocenters. The zero-order valence-electron chi connectivity index (χ0n) is 14.3. The van der Waals surface area contributed by atoms with Gasteiger partial charge in [-0.25, -0.2) is 14.1 Å². The van der Waals surface area contributed by atoms with Crippen molar-refractivity contribution in [3.8, 4) is 0 Å². The summed E-state index contributed by atoms with van der Waals surface area (Å²) in [6.45, 7) is 3.42. The maximum absolute atomic E-state index is 13.7. The summed E-state index contributed by atoms with van der Waals surface area (Å²) in [6.07, 6.45) is 3.32. The van der Waals surface area contributed by atoms with Crippen LogP contribution in [-0.4, -0.2) is 34.3 Å². The van der Waals surface area contributed by atoms with E-state index >= 15 is 0 Å². The largest absolute Gasteiger partial charge is 0.325 e. The molecule has 7 heteroatoms. The molecular formula is C18H22FN3O3. The van der Waals surface area contributed by atoms with Crippen LogP contribution in [0.15, 0.2) is 24.3 Å². The Balaban J connectivity index is 1.79. The van der Waals surface area contributed by atoms with Crippen molar-refractivity contribution in [2.45, 2.75) is 51.1 Å². The van der Waals surface area contributed by atoms with Gasteiger partial charge in [0, 0.05) is 0 Å². The molecule has 1 aromatic rings. The highest BCUT2D eigenvalue weighted by Crippen LogP contribution is 2.38. The predicted octanol–water partition coefficient (Wildman–Crippen LogP) is 2.65. The van der Waals surface area contributed by atoms with E-state index < -0.39 is 29.3 Å². The molecular weight excluding hydrogens is 325 g/mol. The lowest BCUT2D eigenvalue weighted by Crippen LogP contribution is -2.54. The zero-order chi connectivity index (χ0) is 18.2. The van der Waals surface area contributed by atoms with Gasteiger partial charge in [0.15, 0.2) is 0 Å². The Morgan fingerprint density at radius 2 is 2.08 bits per heavy atom. The number of hydrogen-bond acceptors (Lipinski definition) is 3. The van der Waals surface area contributed by atoms with Gasteiger partial charge in [-0.15, -0.1) is 0 Å². The minimum Gasteiger partial charge on any atom is -0.323 e. The summed E-state index contributed by atoms with van der Waals surface area (Å²) in [5.74, 6) is -1.52. The molecule has 2 N–H and O–H groups in total. The summed E-state index contributed by atoms with van der Waals surface area (Å²) < 4.78 is 13.7. The topological polar surface area (TPSA) is 78.5 Å². The first-order valence-corrected chi connectivity index (χ1v) is 8.58. The number of nitrogens with zero attached hydrogens (tertiary/aromatic N) is 1. The second-order valence-electron chi connectivity index (χ2n) is 6.87. The van der Waals surface area contributed by atoms with E-state index in [1.807, 2.05) is 6.92 Å². The smallest absolute Gasteiger partial charge is 0.323 e. The molecule has 1 heterocycles. The first-order valence-electron chi connectivity index (χ1n) is 8.58. The number of urea groups is 1. The molecule has 25 heavy (non-hydrogen) atoms. The Labute approximate surface area is 145 Å². The number of rotatable bonds is 3. The minimum atomic E-state index is -1.03. The molecule has 0 radical (unpaired) electrons. The van der Waals surface area contributed by atoms with Crippen LogP contribution in [0.25, 0.3) is 0 Å². The third-order valence-corrected chi connectivity index (χ3v) is 5.35. The molecule has 1 saturated heterocycles. The molecule has 0 unspecified atom stereocenters. The number of halogens is 1. The third kappa shape index (κ3) is 2.88. The molecule has 1 spiro atoms. The third-order valence-electron chi connectivity index (χ3n) is 5.35. The van der Waals surface area contributed by atoms with Crippen molar-refractivity contribution >= 4 is 23.5 Å². The van der Waals surface area contributed by atoms with Crippen LogP contribution in [0.2, 0.25) is 0 Å². The van der Waals surface area contributed by atoms with Crippen molar-refractivity contribution in [2.24, 2.45) is 5.92 Å². The molecule has 1 aliphatic carbocycles. The van der Waals surface area contributed by atoms with E-state index in [-0.39, 0.29) is 17.5 Å². The first kappa shape index (κ1) is 17.4. The van der Waals surface area contributed by atoms with E-state index in [1.54, 1.807) is 6.07 Å². The lowest BCUT2D eigenvalue weighted by molar-refractivity contribution is -0.138. The molecule has 0 aromatic heterocycles. The standard InChI is InChI=1S/C18H22FN3O3/c1-11-7-5-6-10-18(11)16(24)22(17(25)21-18)12(2)15(23)20-14-9-4-3-8-13(14)19/h3-4,8-9,11-12H,5-7,10H2,1-2H3,(H,20,23)(H,21,25)/t11-,12+,18+/m1/s1. The molecule has 3 rings (SSSR count). The first-order chi connectivity index (χ1) is 11.9. The molecule has 1 aliphatic heterocycles. The molecule has 1 aromatic carbocycles. The summed E-state index contributed by atoms with van der Waals surface area (Å²) in [5.41, 5.74) is -0.894. The summed E-state index contributed by atoms with van der Waals surface area (Å²) >= 11 is 0. The van der Waals surface area contributed by atoms with Crippen molar-refractivity contribution < 1.29 is 18.8 Å². The van der Waals surface area contributed by atoms with Crippen molar-refractivity contribution in [3.05, 3.63) is 30.1 Å². The second-order valence-corrected chi connectivity index (χ2v) is 6.87. The zero-order valence-corrected chi connectivity index (χ0v) is 14.3. The van der Waals surface area contributed by atoms with Gasteiger partial charge in [0.2, 0.25) is 5.91 Å². The molecule has 2 fully saturated rings. The van der Waals surface area contributed by atoms with Crippen LogP contribution in [0.3, 0.4) is 0 Å². The number of hydrogen-bond donors (Lipinski definition) is 2. The number of benzene rings is 1. The Hall–Kier alpha value is -2.44. The van der Waals surface area contributed by atoms with Gasteiger partial charge in [-0.3, -0.25) is 9.59 Å². The normalized spacial score (nSPS) is 27.3. The Kier molecular flexibility index (Phi) is 4.49. The number of para-hydroxylation sites is 1. The maximum Gasteiger partial charge on any atom is 0.325 e. The average molecular weight is 347 g/mol. The van der Waals surface area contributed by atoms with E-state index in [4.69, 9.17) is 0 Å². The Morgan fingerprint density at radius 3 is 2.76 bits per heavy atom. The van der Waals surface area contributed by atoms with E-state index in [2.05, 4.69) is 10.6 Å². The highest BCUT2D eigenvalue weighted by atomic mass is 19.1. The second kappa shape index (κ2) is 6.46. The maximum atomic E-state index is 13.7. The van der Waals surface area contributed by atoms with Crippen LogP contribution in [0.5, 0.6) is 0 Å². The van der Waals surface area contributed by atoms with Gasteiger partial charge in [-0.2, -0.15) is 0 Å². The van der Waals surface area contributed by atoms with Crippen molar-refractivity contribution in [3.63, 3.8) is 0 Å². The monoisotopic (exact) mass is 347 g/mol. The van der Waals surface area contributed by atoms with Gasteiger partial charge in [-0.1, -0.05) is 31.9 Å². The van der Waals surface area contributed by atoms with Gasteiger partial charge < -0.3 is 10.6 Å². The summed E-state index contributed by atoms with van der Waals surface area (Å²) in [6, 6.07) is 4.18. The molecule has 134 valence electrons. The van der Waals surface area contributed by atoms with Crippen LogP contribution in [0, 0.1) is 11.7 Å². The molecule has 0 bridgehead atoms. The van der Waals surface area contributed by atoms with E-state index in [1.165, 1.54) is 25.1 Å². The highest BCUT2D eigenvalue weighted by Gasteiger charge is 2.56. The molecule has 6 nitrogen and oxygen atoms in total. The van der Waals surface area contributed by atoms with Crippen LogP contribution in [-0.2, 0) is 9.59 Å². The van der Waals surface area contributed by atoms with Crippen LogP contribution < -0.4 is 10.6 Å². The van der Waals surface area contributed by atoms with Gasteiger partial charge in [0.25, 0.3) is 5.91 Å².